The van der Waals surface area contributed by atoms with E-state index in [0.717, 1.165) is 5.39 Å². The summed E-state index contributed by atoms with van der Waals surface area (Å²) in [6.45, 7) is 0. The number of carbonyl (C=O) groups excluding carboxylic acids is 1. The Morgan fingerprint density at radius 1 is 1.33 bits per heavy atom. The van der Waals surface area contributed by atoms with Crippen molar-refractivity contribution in [3.63, 3.8) is 0 Å². The molecule has 4 heteroatoms. The molecule has 76 valence electrons. The second-order valence-electron chi connectivity index (χ2n) is 3.04. The third kappa shape index (κ3) is 1.85. The number of carbonyl (C=O) groups is 1. The standard InChI is InChI=1S/C11H7BrO3/c12-6-9(13)10-5-7-3-1-2-4-8(7)11(14)15-10/h1-5H,6H2. The lowest BCUT2D eigenvalue weighted by atomic mass is 10.1. The first-order chi connectivity index (χ1) is 7.22. The summed E-state index contributed by atoms with van der Waals surface area (Å²) in [5.74, 6) is -0.145. The van der Waals surface area contributed by atoms with Crippen molar-refractivity contribution in [1.82, 2.24) is 0 Å². The van der Waals surface area contributed by atoms with Gasteiger partial charge in [0.15, 0.2) is 5.76 Å². The maximum absolute atomic E-state index is 11.5. The normalized spacial score (nSPS) is 10.5. The number of Topliss-reactive ketones (excluding diaryl/α,β-unsaturated/α-hetero) is 1. The van der Waals surface area contributed by atoms with Gasteiger partial charge in [0.1, 0.15) is 0 Å². The molecule has 1 aromatic heterocycles. The van der Waals surface area contributed by atoms with Crippen molar-refractivity contribution in [3.8, 4) is 0 Å². The van der Waals surface area contributed by atoms with Gasteiger partial charge in [-0.3, -0.25) is 4.79 Å². The Labute approximate surface area is 93.8 Å². The van der Waals surface area contributed by atoms with Gasteiger partial charge < -0.3 is 4.42 Å². The Morgan fingerprint density at radius 2 is 2.07 bits per heavy atom. The molecule has 0 spiro atoms. The monoisotopic (exact) mass is 266 g/mol. The minimum Gasteiger partial charge on any atom is -0.419 e. The molecule has 0 fully saturated rings. The molecule has 0 atom stereocenters. The van der Waals surface area contributed by atoms with E-state index in [-0.39, 0.29) is 16.9 Å². The topological polar surface area (TPSA) is 47.3 Å². The van der Waals surface area contributed by atoms with Gasteiger partial charge in [-0.25, -0.2) is 4.79 Å². The van der Waals surface area contributed by atoms with Gasteiger partial charge in [0, 0.05) is 0 Å². The first-order valence-corrected chi connectivity index (χ1v) is 5.46. The van der Waals surface area contributed by atoms with Gasteiger partial charge in [0.25, 0.3) is 0 Å². The van der Waals surface area contributed by atoms with Crippen LogP contribution >= 0.6 is 15.9 Å². The van der Waals surface area contributed by atoms with E-state index in [0.29, 0.717) is 5.39 Å². The van der Waals surface area contributed by atoms with Crippen LogP contribution in [0.5, 0.6) is 0 Å². The van der Waals surface area contributed by atoms with Gasteiger partial charge in [-0.2, -0.15) is 0 Å². The summed E-state index contributed by atoms with van der Waals surface area (Å²) in [6, 6.07) is 8.59. The fourth-order valence-electron chi connectivity index (χ4n) is 1.34. The zero-order valence-electron chi connectivity index (χ0n) is 7.70. The van der Waals surface area contributed by atoms with E-state index in [9.17, 15) is 9.59 Å². The Hall–Kier alpha value is -1.42. The molecule has 0 bridgehead atoms. The lowest BCUT2D eigenvalue weighted by molar-refractivity contribution is 0.0990. The molecule has 2 aromatic rings. The molecule has 1 aromatic carbocycles. The van der Waals surface area contributed by atoms with Crippen LogP contribution in [0.2, 0.25) is 0 Å². The van der Waals surface area contributed by atoms with Gasteiger partial charge in [0.05, 0.1) is 10.7 Å². The number of alkyl halides is 1. The molecule has 2 rings (SSSR count). The molecule has 0 aliphatic heterocycles. The van der Waals surface area contributed by atoms with Crippen LogP contribution in [0.1, 0.15) is 10.6 Å². The highest BCUT2D eigenvalue weighted by atomic mass is 79.9. The molecule has 0 unspecified atom stereocenters. The Balaban J connectivity index is 2.73. The molecule has 15 heavy (non-hydrogen) atoms. The Bertz CT molecular complexity index is 571. The zero-order valence-corrected chi connectivity index (χ0v) is 9.28. The predicted molar refractivity (Wildman–Crippen MR) is 60.6 cm³/mol. The number of hydrogen-bond donors (Lipinski definition) is 0. The van der Waals surface area contributed by atoms with Crippen LogP contribution in [0.3, 0.4) is 0 Å². The second kappa shape index (κ2) is 3.98. The summed E-state index contributed by atoms with van der Waals surface area (Å²) < 4.78 is 4.91. The lowest BCUT2D eigenvalue weighted by Gasteiger charge is -1.98. The van der Waals surface area contributed by atoms with E-state index in [4.69, 9.17) is 4.42 Å². The van der Waals surface area contributed by atoms with Crippen LogP contribution in [-0.4, -0.2) is 11.1 Å². The fourth-order valence-corrected chi connectivity index (χ4v) is 1.61. The first kappa shape index (κ1) is 10.1. The molecule has 0 aliphatic rings. The molecule has 0 aliphatic carbocycles. The van der Waals surface area contributed by atoms with Gasteiger partial charge >= 0.3 is 5.63 Å². The van der Waals surface area contributed by atoms with Crippen LogP contribution in [0, 0.1) is 0 Å². The van der Waals surface area contributed by atoms with Crippen molar-refractivity contribution in [2.45, 2.75) is 0 Å². The van der Waals surface area contributed by atoms with Crippen molar-refractivity contribution in [1.29, 1.82) is 0 Å². The molecular weight excluding hydrogens is 260 g/mol. The highest BCUT2D eigenvalue weighted by Crippen LogP contribution is 2.12. The average molecular weight is 267 g/mol. The van der Waals surface area contributed by atoms with Gasteiger partial charge in [-0.1, -0.05) is 34.1 Å². The summed E-state index contributed by atoms with van der Waals surface area (Å²) in [6.07, 6.45) is 0. The number of hydrogen-bond acceptors (Lipinski definition) is 3. The van der Waals surface area contributed by atoms with Crippen molar-refractivity contribution < 1.29 is 9.21 Å². The first-order valence-electron chi connectivity index (χ1n) is 4.34. The number of ketones is 1. The van der Waals surface area contributed by atoms with Crippen molar-refractivity contribution in [2.24, 2.45) is 0 Å². The summed E-state index contributed by atoms with van der Waals surface area (Å²) in [7, 11) is 0. The molecule has 0 N–H and O–H groups in total. The summed E-state index contributed by atoms with van der Waals surface area (Å²) >= 11 is 3.03. The van der Waals surface area contributed by atoms with Gasteiger partial charge in [-0.05, 0) is 17.5 Å². The Morgan fingerprint density at radius 3 is 2.80 bits per heavy atom. The van der Waals surface area contributed by atoms with Crippen LogP contribution in [0.4, 0.5) is 0 Å². The summed E-state index contributed by atoms with van der Waals surface area (Å²) in [5.41, 5.74) is -0.475. The molecular formula is C11H7BrO3. The van der Waals surface area contributed by atoms with E-state index in [1.165, 1.54) is 0 Å². The molecule has 0 saturated carbocycles. The SMILES string of the molecule is O=C(CBr)c1cc2ccccc2c(=O)o1. The fraction of sp³-hybridized carbons (Fsp3) is 0.0909. The number of benzene rings is 1. The van der Waals surface area contributed by atoms with Crippen LogP contribution in [0.25, 0.3) is 10.8 Å². The summed E-state index contributed by atoms with van der Waals surface area (Å²) in [5, 5.41) is 1.36. The smallest absolute Gasteiger partial charge is 0.344 e. The number of halogens is 1. The van der Waals surface area contributed by atoms with Crippen LogP contribution in [0.15, 0.2) is 39.5 Å². The lowest BCUT2D eigenvalue weighted by Crippen LogP contribution is -2.07. The van der Waals surface area contributed by atoms with E-state index in [1.54, 1.807) is 24.3 Å². The van der Waals surface area contributed by atoms with Crippen molar-refractivity contribution in [2.75, 3.05) is 5.33 Å². The number of rotatable bonds is 2. The van der Waals surface area contributed by atoms with E-state index >= 15 is 0 Å². The van der Waals surface area contributed by atoms with Gasteiger partial charge in [-0.15, -0.1) is 0 Å². The number of fused-ring (bicyclic) bond motifs is 1. The van der Waals surface area contributed by atoms with Crippen LogP contribution in [-0.2, 0) is 0 Å². The highest BCUT2D eigenvalue weighted by Gasteiger charge is 2.09. The second-order valence-corrected chi connectivity index (χ2v) is 3.60. The van der Waals surface area contributed by atoms with E-state index in [1.807, 2.05) is 6.07 Å². The third-order valence-corrected chi connectivity index (χ3v) is 2.58. The maximum Gasteiger partial charge on any atom is 0.344 e. The Kier molecular flexibility index (Phi) is 2.68. The zero-order chi connectivity index (χ0) is 10.8. The minimum absolute atomic E-state index is 0.0931. The highest BCUT2D eigenvalue weighted by molar-refractivity contribution is 9.09. The molecule has 0 radical (unpaired) electrons. The molecule has 1 heterocycles. The van der Waals surface area contributed by atoms with E-state index < -0.39 is 5.63 Å². The van der Waals surface area contributed by atoms with Gasteiger partial charge in [0.2, 0.25) is 5.78 Å². The van der Waals surface area contributed by atoms with Crippen LogP contribution < -0.4 is 5.63 Å². The largest absolute Gasteiger partial charge is 0.419 e. The third-order valence-electron chi connectivity index (χ3n) is 2.07. The molecule has 3 nitrogen and oxygen atoms in total. The maximum atomic E-state index is 11.5. The van der Waals surface area contributed by atoms with Crippen molar-refractivity contribution >= 4 is 32.5 Å². The van der Waals surface area contributed by atoms with E-state index in [2.05, 4.69) is 15.9 Å². The van der Waals surface area contributed by atoms with Crippen molar-refractivity contribution in [3.05, 3.63) is 46.5 Å². The summed E-state index contributed by atoms with van der Waals surface area (Å²) in [4.78, 5) is 22.8. The minimum atomic E-state index is -0.475. The molecule has 0 saturated heterocycles. The predicted octanol–water partition coefficient (Wildman–Crippen LogP) is 2.37. The molecule has 0 amide bonds. The average Bonchev–Trinajstić information content (AvgIpc) is 2.28. The quantitative estimate of drug-likeness (QED) is 0.620.